The van der Waals surface area contributed by atoms with Gasteiger partial charge in [0, 0.05) is 0 Å². The van der Waals surface area contributed by atoms with Gasteiger partial charge in [0.05, 0.1) is 0 Å². The van der Waals surface area contributed by atoms with Crippen LogP contribution in [0.4, 0.5) is 0 Å². The SMILES string of the molecule is Cc1ccc([C@]2(C)CC(=O)C([Se](=O)c3ccccc3)[C@H]2C)cc1. The quantitative estimate of drug-likeness (QED) is 0.771. The molecule has 4 atom stereocenters. The first-order valence-corrected chi connectivity index (χ1v) is 10.5. The van der Waals surface area contributed by atoms with Crippen molar-refractivity contribution in [1.82, 2.24) is 0 Å². The number of carbonyl (C=O) groups excluding carboxylic acids is 1. The Balaban J connectivity index is 1.95. The fourth-order valence-electron chi connectivity index (χ4n) is 3.54. The Bertz CT molecular complexity index is 736. The van der Waals surface area contributed by atoms with Gasteiger partial charge in [-0.15, -0.1) is 0 Å². The molecule has 3 rings (SSSR count). The van der Waals surface area contributed by atoms with Crippen molar-refractivity contribution in [3.63, 3.8) is 0 Å². The molecule has 0 aromatic heterocycles. The maximum atomic E-state index is 13.0. The van der Waals surface area contributed by atoms with Gasteiger partial charge in [0.15, 0.2) is 0 Å². The van der Waals surface area contributed by atoms with Gasteiger partial charge in [-0.2, -0.15) is 0 Å². The molecule has 1 aliphatic carbocycles. The maximum absolute atomic E-state index is 13.0. The molecular formula is C20H22O2Se. The second kappa shape index (κ2) is 6.14. The predicted octanol–water partition coefficient (Wildman–Crippen LogP) is 3.56. The second-order valence-corrected chi connectivity index (χ2v) is 10.0. The fraction of sp³-hybridized carbons (Fsp3) is 0.350. The van der Waals surface area contributed by atoms with Crippen molar-refractivity contribution in [2.75, 3.05) is 0 Å². The number of rotatable bonds is 3. The number of aryl methyl sites for hydroxylation is 1. The van der Waals surface area contributed by atoms with E-state index < -0.39 is 13.8 Å². The molecule has 2 nitrogen and oxygen atoms in total. The normalized spacial score (nSPS) is 28.7. The van der Waals surface area contributed by atoms with E-state index >= 15 is 0 Å². The number of benzene rings is 2. The van der Waals surface area contributed by atoms with E-state index in [1.165, 1.54) is 11.1 Å². The Morgan fingerprint density at radius 3 is 2.26 bits per heavy atom. The zero-order valence-electron chi connectivity index (χ0n) is 13.8. The number of Topliss-reactive ketones (excluding diaryl/α,β-unsaturated/α-hetero) is 1. The van der Waals surface area contributed by atoms with Crippen LogP contribution in [-0.4, -0.2) is 19.6 Å². The molecule has 120 valence electrons. The Labute approximate surface area is 142 Å². The molecule has 1 fully saturated rings. The van der Waals surface area contributed by atoms with E-state index in [2.05, 4.69) is 45.0 Å². The molecule has 3 heteroatoms. The van der Waals surface area contributed by atoms with E-state index in [-0.39, 0.29) is 21.9 Å². The summed E-state index contributed by atoms with van der Waals surface area (Å²) < 4.78 is 13.9. The van der Waals surface area contributed by atoms with E-state index in [0.717, 1.165) is 4.46 Å². The van der Waals surface area contributed by atoms with Crippen molar-refractivity contribution in [3.05, 3.63) is 65.7 Å². The van der Waals surface area contributed by atoms with Crippen LogP contribution in [-0.2, 0) is 14.0 Å². The monoisotopic (exact) mass is 374 g/mol. The van der Waals surface area contributed by atoms with Gasteiger partial charge < -0.3 is 0 Å². The first-order chi connectivity index (χ1) is 10.9. The van der Waals surface area contributed by atoms with Gasteiger partial charge in [-0.3, -0.25) is 0 Å². The van der Waals surface area contributed by atoms with E-state index in [9.17, 15) is 8.63 Å². The third-order valence-corrected chi connectivity index (χ3v) is 9.16. The van der Waals surface area contributed by atoms with Gasteiger partial charge >= 0.3 is 142 Å². The van der Waals surface area contributed by atoms with Gasteiger partial charge in [-0.05, 0) is 0 Å². The molecule has 0 aliphatic heterocycles. The molecule has 0 saturated heterocycles. The number of carbonyl (C=O) groups is 1. The van der Waals surface area contributed by atoms with Crippen molar-refractivity contribution < 1.29 is 8.63 Å². The zero-order valence-corrected chi connectivity index (χ0v) is 15.5. The fourth-order valence-corrected chi connectivity index (χ4v) is 7.13. The molecule has 0 N–H and O–H groups in total. The molecule has 1 saturated carbocycles. The topological polar surface area (TPSA) is 34.1 Å². The van der Waals surface area contributed by atoms with E-state index in [1.54, 1.807) is 0 Å². The van der Waals surface area contributed by atoms with Crippen LogP contribution < -0.4 is 4.46 Å². The van der Waals surface area contributed by atoms with Crippen molar-refractivity contribution >= 4 is 24.1 Å². The summed E-state index contributed by atoms with van der Waals surface area (Å²) in [7, 11) is 0. The molecule has 0 heterocycles. The molecule has 23 heavy (non-hydrogen) atoms. The van der Waals surface area contributed by atoms with Gasteiger partial charge in [0.25, 0.3) is 0 Å². The first-order valence-electron chi connectivity index (χ1n) is 7.99. The van der Waals surface area contributed by atoms with Crippen molar-refractivity contribution in [2.45, 2.75) is 37.4 Å². The second-order valence-electron chi connectivity index (χ2n) is 6.75. The Morgan fingerprint density at radius 1 is 1.04 bits per heavy atom. The number of hydrogen-bond donors (Lipinski definition) is 0. The predicted molar refractivity (Wildman–Crippen MR) is 93.6 cm³/mol. The standard InChI is InChI=1S/C20H22O2Se/c1-14-9-11-16(12-10-14)20(3)13-18(21)19(15(20)2)23(22)17-7-5-4-6-8-17/h4-12,15,19H,13H2,1-3H3/t15-,19?,20-,23?/m1/s1. The van der Waals surface area contributed by atoms with Crippen LogP contribution >= 0.6 is 0 Å². The van der Waals surface area contributed by atoms with Gasteiger partial charge in [-0.25, -0.2) is 0 Å². The molecule has 2 aromatic carbocycles. The number of ketones is 1. The summed E-state index contributed by atoms with van der Waals surface area (Å²) >= 11 is -2.39. The first kappa shape index (κ1) is 16.3. The van der Waals surface area contributed by atoms with Crippen LogP contribution in [0.3, 0.4) is 0 Å². The van der Waals surface area contributed by atoms with Crippen LogP contribution in [0.5, 0.6) is 0 Å². The van der Waals surface area contributed by atoms with Gasteiger partial charge in [0.1, 0.15) is 0 Å². The van der Waals surface area contributed by atoms with Crippen molar-refractivity contribution in [1.29, 1.82) is 0 Å². The minimum absolute atomic E-state index is 0.0837. The summed E-state index contributed by atoms with van der Waals surface area (Å²) in [6, 6.07) is 17.9. The van der Waals surface area contributed by atoms with Crippen LogP contribution in [0.1, 0.15) is 31.4 Å². The van der Waals surface area contributed by atoms with Crippen molar-refractivity contribution in [2.24, 2.45) is 5.92 Å². The third-order valence-electron chi connectivity index (χ3n) is 5.24. The summed E-state index contributed by atoms with van der Waals surface area (Å²) in [5.41, 5.74) is 2.17. The molecule has 2 aromatic rings. The Hall–Kier alpha value is -1.57. The van der Waals surface area contributed by atoms with Crippen LogP contribution in [0.2, 0.25) is 4.82 Å². The summed E-state index contributed by atoms with van der Waals surface area (Å²) in [4.78, 5) is 12.4. The third kappa shape index (κ3) is 2.84. The molecule has 0 amide bonds. The molecule has 0 radical (unpaired) electrons. The van der Waals surface area contributed by atoms with E-state index in [4.69, 9.17) is 0 Å². The summed E-state index contributed by atoms with van der Waals surface area (Å²) in [6.07, 6.45) is 0.483. The molecule has 1 aliphatic rings. The molecular weight excluding hydrogens is 351 g/mol. The summed E-state index contributed by atoms with van der Waals surface area (Å²) in [5, 5.41) is 0. The molecule has 2 unspecified atom stereocenters. The van der Waals surface area contributed by atoms with E-state index in [1.807, 2.05) is 30.3 Å². The van der Waals surface area contributed by atoms with Crippen LogP contribution in [0.15, 0.2) is 54.6 Å². The Kier molecular flexibility index (Phi) is 4.35. The number of hydrogen-bond acceptors (Lipinski definition) is 2. The van der Waals surface area contributed by atoms with Crippen LogP contribution in [0, 0.1) is 12.8 Å². The van der Waals surface area contributed by atoms with Gasteiger partial charge in [-0.1, -0.05) is 0 Å². The van der Waals surface area contributed by atoms with Crippen LogP contribution in [0.25, 0.3) is 0 Å². The summed E-state index contributed by atoms with van der Waals surface area (Å²) in [6.45, 7) is 6.30. The van der Waals surface area contributed by atoms with E-state index in [0.29, 0.717) is 6.42 Å². The zero-order chi connectivity index (χ0) is 16.6. The minimum atomic E-state index is -2.39. The van der Waals surface area contributed by atoms with Crippen molar-refractivity contribution in [3.8, 4) is 0 Å². The summed E-state index contributed by atoms with van der Waals surface area (Å²) in [5.74, 6) is 0.241. The Morgan fingerprint density at radius 2 is 1.65 bits per heavy atom. The molecule has 0 spiro atoms. The molecule has 0 bridgehead atoms. The average Bonchev–Trinajstić information content (AvgIpc) is 2.78. The van der Waals surface area contributed by atoms with Gasteiger partial charge in [0.2, 0.25) is 0 Å². The average molecular weight is 373 g/mol.